The fourth-order valence-corrected chi connectivity index (χ4v) is 3.19. The molecule has 2 aromatic rings. The van der Waals surface area contributed by atoms with E-state index in [1.54, 1.807) is 24.3 Å². The number of nitrogens with zero attached hydrogens (tertiary/aromatic N) is 5. The molecule has 0 fully saturated rings. The number of aryl methyl sites for hydroxylation is 1. The summed E-state index contributed by atoms with van der Waals surface area (Å²) in [7, 11) is -3.48. The topological polar surface area (TPSA) is 81.0 Å². The Hall–Kier alpha value is -1.96. The van der Waals surface area contributed by atoms with Crippen molar-refractivity contribution in [1.29, 1.82) is 0 Å². The second kappa shape index (κ2) is 6.21. The lowest BCUT2D eigenvalue weighted by molar-refractivity contribution is 0.569. The molecule has 0 spiro atoms. The van der Waals surface area contributed by atoms with Gasteiger partial charge in [-0.25, -0.2) is 8.42 Å². The van der Waals surface area contributed by atoms with Crippen LogP contribution in [0.3, 0.4) is 0 Å². The Kier molecular flexibility index (Phi) is 4.56. The maximum absolute atomic E-state index is 12.4. The van der Waals surface area contributed by atoms with Gasteiger partial charge in [0, 0.05) is 13.1 Å². The summed E-state index contributed by atoms with van der Waals surface area (Å²) in [5, 5.41) is 11.3. The van der Waals surface area contributed by atoms with Crippen LogP contribution in [0.15, 0.2) is 29.2 Å². The van der Waals surface area contributed by atoms with Crippen molar-refractivity contribution in [3.05, 3.63) is 29.8 Å². The van der Waals surface area contributed by atoms with Crippen molar-refractivity contribution in [2.45, 2.75) is 31.5 Å². The third-order valence-electron chi connectivity index (χ3n) is 3.23. The van der Waals surface area contributed by atoms with Gasteiger partial charge in [-0.15, -0.1) is 0 Å². The molecule has 0 bridgehead atoms. The molecule has 1 heterocycles. The van der Waals surface area contributed by atoms with Gasteiger partial charge in [-0.3, -0.25) is 0 Å². The first-order valence-corrected chi connectivity index (χ1v) is 8.43. The smallest absolute Gasteiger partial charge is 0.246 e. The van der Waals surface area contributed by atoms with Gasteiger partial charge in [-0.05, 0) is 43.3 Å². The number of anilines is 1. The van der Waals surface area contributed by atoms with Crippen LogP contribution in [0.25, 0.3) is 0 Å². The summed E-state index contributed by atoms with van der Waals surface area (Å²) in [4.78, 5) is 2.18. The first-order valence-electron chi connectivity index (χ1n) is 6.78. The standard InChI is InChI=1S/C13H19N5O2S/c1-4-17(5-2)13-14-15-16-18(13)10-21(19,20)12-8-6-11(3)7-9-12/h6-9H,4-5,10H2,1-3H3. The first-order chi connectivity index (χ1) is 9.97. The summed E-state index contributed by atoms with van der Waals surface area (Å²) >= 11 is 0. The molecule has 0 amide bonds. The second-order valence-electron chi connectivity index (χ2n) is 4.71. The molecule has 0 N–H and O–H groups in total. The van der Waals surface area contributed by atoms with Crippen LogP contribution in [-0.4, -0.2) is 41.7 Å². The Bertz CT molecular complexity index is 690. The molecule has 0 aliphatic carbocycles. The van der Waals surface area contributed by atoms with Gasteiger partial charge in [-0.1, -0.05) is 22.8 Å². The number of rotatable bonds is 6. The van der Waals surface area contributed by atoms with E-state index < -0.39 is 9.84 Å². The van der Waals surface area contributed by atoms with Crippen LogP contribution in [0.4, 0.5) is 5.95 Å². The quantitative estimate of drug-likeness (QED) is 0.799. The lowest BCUT2D eigenvalue weighted by Crippen LogP contribution is -2.27. The van der Waals surface area contributed by atoms with Gasteiger partial charge >= 0.3 is 0 Å². The van der Waals surface area contributed by atoms with Crippen LogP contribution in [0.1, 0.15) is 19.4 Å². The van der Waals surface area contributed by atoms with Gasteiger partial charge in [0.05, 0.1) is 4.90 Å². The third-order valence-corrected chi connectivity index (χ3v) is 4.81. The summed E-state index contributed by atoms with van der Waals surface area (Å²) in [5.41, 5.74) is 1.01. The molecule has 8 heteroatoms. The third kappa shape index (κ3) is 3.38. The van der Waals surface area contributed by atoms with Crippen LogP contribution in [0, 0.1) is 6.92 Å². The molecule has 0 atom stereocenters. The minimum Gasteiger partial charge on any atom is -0.340 e. The number of hydrogen-bond acceptors (Lipinski definition) is 6. The fourth-order valence-electron chi connectivity index (χ4n) is 2.00. The van der Waals surface area contributed by atoms with Crippen LogP contribution in [0.2, 0.25) is 0 Å². The molecule has 0 saturated heterocycles. The van der Waals surface area contributed by atoms with Gasteiger partial charge in [0.1, 0.15) is 0 Å². The Morgan fingerprint density at radius 1 is 1.14 bits per heavy atom. The summed E-state index contributed by atoms with van der Waals surface area (Å²) in [5.74, 6) is 0.199. The Balaban J connectivity index is 2.29. The largest absolute Gasteiger partial charge is 0.340 e. The van der Waals surface area contributed by atoms with Crippen molar-refractivity contribution < 1.29 is 8.42 Å². The number of benzene rings is 1. The highest BCUT2D eigenvalue weighted by Crippen LogP contribution is 2.16. The van der Waals surface area contributed by atoms with E-state index in [0.29, 0.717) is 19.0 Å². The molecule has 0 saturated carbocycles. The molecule has 7 nitrogen and oxygen atoms in total. The number of tetrazole rings is 1. The SMILES string of the molecule is CCN(CC)c1nnnn1CS(=O)(=O)c1ccc(C)cc1. The molecule has 21 heavy (non-hydrogen) atoms. The summed E-state index contributed by atoms with van der Waals surface area (Å²) in [6, 6.07) is 6.76. The van der Waals surface area contributed by atoms with Crippen molar-refractivity contribution in [3.63, 3.8) is 0 Å². The minimum atomic E-state index is -3.48. The Morgan fingerprint density at radius 3 is 2.33 bits per heavy atom. The van der Waals surface area contributed by atoms with E-state index in [0.717, 1.165) is 5.56 Å². The van der Waals surface area contributed by atoms with Crippen LogP contribution in [-0.2, 0) is 15.7 Å². The first kappa shape index (κ1) is 15.4. The van der Waals surface area contributed by atoms with Crippen LogP contribution in [0.5, 0.6) is 0 Å². The molecule has 0 unspecified atom stereocenters. The summed E-state index contributed by atoms with van der Waals surface area (Å²) in [6.45, 7) is 7.27. The highest BCUT2D eigenvalue weighted by Gasteiger charge is 2.20. The van der Waals surface area contributed by atoms with Gasteiger partial charge in [0.15, 0.2) is 15.7 Å². The van der Waals surface area contributed by atoms with Gasteiger partial charge in [0.25, 0.3) is 0 Å². The monoisotopic (exact) mass is 309 g/mol. The molecule has 1 aromatic heterocycles. The zero-order valence-electron chi connectivity index (χ0n) is 12.4. The Labute approximate surface area is 124 Å². The maximum Gasteiger partial charge on any atom is 0.246 e. The Morgan fingerprint density at radius 2 is 1.76 bits per heavy atom. The second-order valence-corrected chi connectivity index (χ2v) is 6.67. The average Bonchev–Trinajstić information content (AvgIpc) is 2.88. The molecular weight excluding hydrogens is 290 g/mol. The molecule has 2 rings (SSSR count). The van der Waals surface area contributed by atoms with Crippen molar-refractivity contribution >= 4 is 15.8 Å². The van der Waals surface area contributed by atoms with E-state index >= 15 is 0 Å². The van der Waals surface area contributed by atoms with Crippen molar-refractivity contribution in [2.75, 3.05) is 18.0 Å². The average molecular weight is 309 g/mol. The van der Waals surface area contributed by atoms with E-state index in [2.05, 4.69) is 15.5 Å². The van der Waals surface area contributed by atoms with Crippen molar-refractivity contribution in [1.82, 2.24) is 20.2 Å². The van der Waals surface area contributed by atoms with E-state index in [4.69, 9.17) is 0 Å². The van der Waals surface area contributed by atoms with E-state index in [1.165, 1.54) is 4.68 Å². The fraction of sp³-hybridized carbons (Fsp3) is 0.462. The van der Waals surface area contributed by atoms with Gasteiger partial charge in [0.2, 0.25) is 5.95 Å². The lowest BCUT2D eigenvalue weighted by Gasteiger charge is -2.18. The van der Waals surface area contributed by atoms with Gasteiger partial charge in [-0.2, -0.15) is 4.68 Å². The molecule has 0 radical (unpaired) electrons. The lowest BCUT2D eigenvalue weighted by atomic mass is 10.2. The minimum absolute atomic E-state index is 0.269. The molecule has 114 valence electrons. The number of hydrogen-bond donors (Lipinski definition) is 0. The highest BCUT2D eigenvalue weighted by atomic mass is 32.2. The molecular formula is C13H19N5O2S. The van der Waals surface area contributed by atoms with Crippen LogP contribution < -0.4 is 4.90 Å². The zero-order chi connectivity index (χ0) is 15.5. The summed E-state index contributed by atoms with van der Waals surface area (Å²) < 4.78 is 26.2. The number of aromatic nitrogens is 4. The van der Waals surface area contributed by atoms with E-state index in [9.17, 15) is 8.42 Å². The van der Waals surface area contributed by atoms with Crippen LogP contribution >= 0.6 is 0 Å². The maximum atomic E-state index is 12.4. The summed E-state index contributed by atoms with van der Waals surface area (Å²) in [6.07, 6.45) is 0. The van der Waals surface area contributed by atoms with E-state index in [-0.39, 0.29) is 10.8 Å². The van der Waals surface area contributed by atoms with Gasteiger partial charge < -0.3 is 4.90 Å². The van der Waals surface area contributed by atoms with Crippen molar-refractivity contribution in [3.8, 4) is 0 Å². The predicted octanol–water partition coefficient (Wildman–Crippen LogP) is 1.26. The number of sulfone groups is 1. The van der Waals surface area contributed by atoms with Crippen molar-refractivity contribution in [2.24, 2.45) is 0 Å². The molecule has 1 aromatic carbocycles. The van der Waals surface area contributed by atoms with E-state index in [1.807, 2.05) is 25.7 Å². The molecule has 0 aliphatic rings. The molecule has 0 aliphatic heterocycles. The normalized spacial score (nSPS) is 11.6. The zero-order valence-corrected chi connectivity index (χ0v) is 13.2. The predicted molar refractivity (Wildman–Crippen MR) is 79.7 cm³/mol. The highest BCUT2D eigenvalue weighted by molar-refractivity contribution is 7.90.